The molecule has 67 heavy (non-hydrogen) atoms. The number of carbonyl (C=O) groups excluding carboxylic acids is 2. The summed E-state index contributed by atoms with van der Waals surface area (Å²) >= 11 is 0. The molecule has 0 radical (unpaired) electrons. The molecule has 2 unspecified atom stereocenters. The summed E-state index contributed by atoms with van der Waals surface area (Å²) in [5, 5.41) is 0. The molecule has 0 saturated carbocycles. The van der Waals surface area contributed by atoms with Crippen molar-refractivity contribution in [2.45, 2.75) is 232 Å². The summed E-state index contributed by atoms with van der Waals surface area (Å²) < 4.78 is 34.4. The van der Waals surface area contributed by atoms with Crippen LogP contribution in [0.25, 0.3) is 0 Å². The van der Waals surface area contributed by atoms with E-state index >= 15 is 0 Å². The van der Waals surface area contributed by atoms with Crippen LogP contribution in [0.15, 0.2) is 72.9 Å². The third-order valence-electron chi connectivity index (χ3n) is 11.5. The maximum atomic E-state index is 12.8. The van der Waals surface area contributed by atoms with Crippen LogP contribution >= 0.6 is 7.82 Å². The van der Waals surface area contributed by atoms with E-state index in [1.165, 1.54) is 116 Å². The fourth-order valence-electron chi connectivity index (χ4n) is 7.31. The Kier molecular flexibility index (Phi) is 46.6. The number of likely N-dealkylation sites (N-methyl/N-ethyl adjacent to an activating group) is 1. The molecular formula is C57H103NO8P+. The van der Waals surface area contributed by atoms with Crippen LogP contribution in [0.1, 0.15) is 226 Å². The topological polar surface area (TPSA) is 108 Å². The number of phosphoric ester groups is 1. The van der Waals surface area contributed by atoms with Gasteiger partial charge in [0, 0.05) is 12.8 Å². The number of unbranched alkanes of at least 4 members (excludes halogenated alkanes) is 23. The van der Waals surface area contributed by atoms with Crippen LogP contribution in [0, 0.1) is 0 Å². The zero-order chi connectivity index (χ0) is 49.2. The van der Waals surface area contributed by atoms with E-state index in [2.05, 4.69) is 86.8 Å². The van der Waals surface area contributed by atoms with Gasteiger partial charge in [-0.25, -0.2) is 4.57 Å². The first-order valence-corrected chi connectivity index (χ1v) is 28.7. The van der Waals surface area contributed by atoms with Gasteiger partial charge >= 0.3 is 19.8 Å². The predicted octanol–water partition coefficient (Wildman–Crippen LogP) is 16.5. The highest BCUT2D eigenvalue weighted by molar-refractivity contribution is 7.47. The van der Waals surface area contributed by atoms with Crippen molar-refractivity contribution in [3.05, 3.63) is 72.9 Å². The molecule has 0 aliphatic rings. The molecule has 0 aromatic carbocycles. The molecule has 2 atom stereocenters. The van der Waals surface area contributed by atoms with Crippen molar-refractivity contribution < 1.29 is 42.1 Å². The van der Waals surface area contributed by atoms with E-state index in [-0.39, 0.29) is 32.0 Å². The Balaban J connectivity index is 4.03. The van der Waals surface area contributed by atoms with Crippen LogP contribution in [-0.4, -0.2) is 74.9 Å². The number of rotatable bonds is 49. The van der Waals surface area contributed by atoms with Crippen LogP contribution in [0.2, 0.25) is 0 Å². The van der Waals surface area contributed by atoms with Gasteiger partial charge in [-0.05, 0) is 64.2 Å². The first-order valence-electron chi connectivity index (χ1n) is 27.2. The number of nitrogens with zero attached hydrogens (tertiary/aromatic N) is 1. The first-order chi connectivity index (χ1) is 32.5. The van der Waals surface area contributed by atoms with Gasteiger partial charge in [0.1, 0.15) is 19.8 Å². The molecule has 10 heteroatoms. The summed E-state index contributed by atoms with van der Waals surface area (Å²) in [7, 11) is 1.48. The van der Waals surface area contributed by atoms with Gasteiger partial charge < -0.3 is 18.9 Å². The maximum absolute atomic E-state index is 12.8. The number of quaternary nitrogens is 1. The Morgan fingerprint density at radius 3 is 1.27 bits per heavy atom. The lowest BCUT2D eigenvalue weighted by atomic mass is 10.0. The number of esters is 2. The fraction of sp³-hybridized carbons (Fsp3) is 0.754. The van der Waals surface area contributed by atoms with Crippen molar-refractivity contribution in [2.75, 3.05) is 47.5 Å². The van der Waals surface area contributed by atoms with E-state index in [1.54, 1.807) is 0 Å². The normalized spacial score (nSPS) is 13.9. The van der Waals surface area contributed by atoms with Crippen LogP contribution in [-0.2, 0) is 32.7 Å². The molecule has 0 aliphatic heterocycles. The molecule has 0 aromatic rings. The molecule has 9 nitrogen and oxygen atoms in total. The number of carbonyl (C=O) groups is 2. The van der Waals surface area contributed by atoms with Crippen molar-refractivity contribution in [2.24, 2.45) is 0 Å². The number of ether oxygens (including phenoxy) is 2. The van der Waals surface area contributed by atoms with Crippen LogP contribution in [0.3, 0.4) is 0 Å². The lowest BCUT2D eigenvalue weighted by molar-refractivity contribution is -0.870. The molecule has 0 bridgehead atoms. The molecule has 1 N–H and O–H groups in total. The Labute approximate surface area is 412 Å². The quantitative estimate of drug-likeness (QED) is 0.0211. The van der Waals surface area contributed by atoms with Gasteiger partial charge in [-0.1, -0.05) is 222 Å². The largest absolute Gasteiger partial charge is 0.472 e. The maximum Gasteiger partial charge on any atom is 0.472 e. The average Bonchev–Trinajstić information content (AvgIpc) is 3.29. The first kappa shape index (κ1) is 64.5. The van der Waals surface area contributed by atoms with E-state index < -0.39 is 26.5 Å². The summed E-state index contributed by atoms with van der Waals surface area (Å²) in [4.78, 5) is 35.5. The van der Waals surface area contributed by atoms with E-state index in [1.807, 2.05) is 21.1 Å². The minimum absolute atomic E-state index is 0.0311. The van der Waals surface area contributed by atoms with Crippen molar-refractivity contribution in [1.29, 1.82) is 0 Å². The van der Waals surface area contributed by atoms with E-state index in [9.17, 15) is 19.0 Å². The molecule has 0 heterocycles. The summed E-state index contributed by atoms with van der Waals surface area (Å²) in [5.41, 5.74) is 0. The molecule has 0 amide bonds. The minimum atomic E-state index is -4.38. The zero-order valence-corrected chi connectivity index (χ0v) is 44.8. The standard InChI is InChI=1S/C57H102NO8P/c1-6-8-10-12-14-16-18-19-20-21-22-23-24-25-26-27-28-29-30-31-32-33-34-35-36-37-38-39-40-42-44-46-48-50-57(60)66-55(54-65-67(61,62)64-52-51-58(3,4)5)53-63-56(59)49-47-45-43-41-17-15-13-11-9-7-2/h8,10,14,16,19-20,22-23,25-26,28-29,55H,6-7,9,11-13,15,17-18,21,24,27,30-54H2,1-5H3/p+1/b10-8-,16-14-,20-19-,23-22-,26-25-,29-28-. The van der Waals surface area contributed by atoms with Gasteiger partial charge in [0.05, 0.1) is 27.7 Å². The molecule has 388 valence electrons. The Morgan fingerprint density at radius 1 is 0.478 bits per heavy atom. The Morgan fingerprint density at radius 2 is 0.851 bits per heavy atom. The van der Waals surface area contributed by atoms with Gasteiger partial charge in [-0.15, -0.1) is 0 Å². The SMILES string of the molecule is CC/C=C\C/C=C\C/C=C\C/C=C\C/C=C\C/C=C\CCCCCCCCCCCCCCCCC(=O)OC(COC(=O)CCCCCCCCCCCC)COP(=O)(O)OCC[N+](C)(C)C. The summed E-state index contributed by atoms with van der Waals surface area (Å²) in [5.74, 6) is -0.797. The van der Waals surface area contributed by atoms with Crippen molar-refractivity contribution in [1.82, 2.24) is 0 Å². The Bertz CT molecular complexity index is 1360. The van der Waals surface area contributed by atoms with Gasteiger partial charge in [0.15, 0.2) is 6.10 Å². The fourth-order valence-corrected chi connectivity index (χ4v) is 8.05. The highest BCUT2D eigenvalue weighted by atomic mass is 31.2. The highest BCUT2D eigenvalue weighted by Gasteiger charge is 2.27. The second-order valence-corrected chi connectivity index (χ2v) is 20.7. The molecule has 0 spiro atoms. The lowest BCUT2D eigenvalue weighted by Crippen LogP contribution is -2.37. The molecule has 0 fully saturated rings. The lowest BCUT2D eigenvalue weighted by Gasteiger charge is -2.24. The smallest absolute Gasteiger partial charge is 0.462 e. The number of hydrogen-bond donors (Lipinski definition) is 1. The monoisotopic (exact) mass is 961 g/mol. The molecular weight excluding hydrogens is 858 g/mol. The third-order valence-corrected chi connectivity index (χ3v) is 12.5. The zero-order valence-electron chi connectivity index (χ0n) is 43.9. The number of phosphoric acid groups is 1. The van der Waals surface area contributed by atoms with E-state index in [0.717, 1.165) is 77.0 Å². The van der Waals surface area contributed by atoms with Gasteiger partial charge in [-0.2, -0.15) is 0 Å². The molecule has 0 aromatic heterocycles. The average molecular weight is 961 g/mol. The minimum Gasteiger partial charge on any atom is -0.462 e. The summed E-state index contributed by atoms with van der Waals surface area (Å²) in [6.45, 7) is 4.30. The highest BCUT2D eigenvalue weighted by Crippen LogP contribution is 2.43. The molecule has 0 rings (SSSR count). The van der Waals surface area contributed by atoms with E-state index in [0.29, 0.717) is 17.4 Å². The van der Waals surface area contributed by atoms with Crippen LogP contribution < -0.4 is 0 Å². The Hall–Kier alpha value is -2.55. The third kappa shape index (κ3) is 52.7. The van der Waals surface area contributed by atoms with Gasteiger partial charge in [0.25, 0.3) is 0 Å². The predicted molar refractivity (Wildman–Crippen MR) is 284 cm³/mol. The molecule has 0 aliphatic carbocycles. The number of hydrogen-bond acceptors (Lipinski definition) is 7. The van der Waals surface area contributed by atoms with Crippen LogP contribution in [0.4, 0.5) is 0 Å². The molecule has 0 saturated heterocycles. The second-order valence-electron chi connectivity index (χ2n) is 19.2. The van der Waals surface area contributed by atoms with E-state index in [4.69, 9.17) is 18.5 Å². The summed E-state index contributed by atoms with van der Waals surface area (Å²) in [6.07, 6.45) is 62.6. The van der Waals surface area contributed by atoms with Crippen molar-refractivity contribution in [3.8, 4) is 0 Å². The van der Waals surface area contributed by atoms with Crippen molar-refractivity contribution in [3.63, 3.8) is 0 Å². The van der Waals surface area contributed by atoms with Crippen LogP contribution in [0.5, 0.6) is 0 Å². The number of allylic oxidation sites excluding steroid dienone is 12. The summed E-state index contributed by atoms with van der Waals surface area (Å²) in [6, 6.07) is 0. The van der Waals surface area contributed by atoms with Crippen molar-refractivity contribution >= 4 is 19.8 Å². The second kappa shape index (κ2) is 48.5. The van der Waals surface area contributed by atoms with Gasteiger partial charge in [0.2, 0.25) is 0 Å². The van der Waals surface area contributed by atoms with Gasteiger partial charge in [-0.3, -0.25) is 18.6 Å².